The SMILES string of the molecule is CCCOc1ccc(OCCSCC(=O)Nc2c(C)cccc2C)cc1. The lowest BCUT2D eigenvalue weighted by atomic mass is 10.1. The highest BCUT2D eigenvalue weighted by Crippen LogP contribution is 2.20. The molecule has 2 rings (SSSR count). The Morgan fingerprint density at radius 3 is 2.12 bits per heavy atom. The minimum absolute atomic E-state index is 0.0184. The Hall–Kier alpha value is -2.14. The van der Waals surface area contributed by atoms with Crippen molar-refractivity contribution in [1.82, 2.24) is 0 Å². The molecule has 0 atom stereocenters. The summed E-state index contributed by atoms with van der Waals surface area (Å²) >= 11 is 1.56. The molecule has 0 saturated heterocycles. The van der Waals surface area contributed by atoms with Crippen LogP contribution in [0.4, 0.5) is 5.69 Å². The maximum atomic E-state index is 12.1. The Morgan fingerprint density at radius 2 is 1.54 bits per heavy atom. The highest BCUT2D eigenvalue weighted by molar-refractivity contribution is 7.99. The first kappa shape index (κ1) is 20.2. The number of para-hydroxylation sites is 1. The van der Waals surface area contributed by atoms with E-state index in [1.807, 2.05) is 56.3 Å². The number of ether oxygens (including phenoxy) is 2. The topological polar surface area (TPSA) is 47.6 Å². The molecule has 0 saturated carbocycles. The normalized spacial score (nSPS) is 10.4. The molecule has 0 aliphatic carbocycles. The van der Waals surface area contributed by atoms with Gasteiger partial charge >= 0.3 is 0 Å². The smallest absolute Gasteiger partial charge is 0.234 e. The van der Waals surface area contributed by atoms with Crippen molar-refractivity contribution in [2.45, 2.75) is 27.2 Å². The Labute approximate surface area is 160 Å². The summed E-state index contributed by atoms with van der Waals surface area (Å²) in [7, 11) is 0. The van der Waals surface area contributed by atoms with Gasteiger partial charge < -0.3 is 14.8 Å². The second-order valence-corrected chi connectivity index (χ2v) is 7.14. The summed E-state index contributed by atoms with van der Waals surface area (Å²) in [5.41, 5.74) is 3.08. The van der Waals surface area contributed by atoms with Gasteiger partial charge in [0.2, 0.25) is 5.91 Å². The maximum absolute atomic E-state index is 12.1. The number of benzene rings is 2. The number of carbonyl (C=O) groups excluding carboxylic acids is 1. The van der Waals surface area contributed by atoms with Gasteiger partial charge in [-0.2, -0.15) is 0 Å². The van der Waals surface area contributed by atoms with E-state index < -0.39 is 0 Å². The molecule has 26 heavy (non-hydrogen) atoms. The average Bonchev–Trinajstić information content (AvgIpc) is 2.64. The Kier molecular flexibility index (Phi) is 8.35. The molecule has 0 bridgehead atoms. The minimum Gasteiger partial charge on any atom is -0.494 e. The molecule has 5 heteroatoms. The van der Waals surface area contributed by atoms with E-state index >= 15 is 0 Å². The summed E-state index contributed by atoms with van der Waals surface area (Å²) in [5, 5.41) is 3.00. The molecule has 0 aliphatic heterocycles. The first-order chi connectivity index (χ1) is 12.6. The fourth-order valence-corrected chi connectivity index (χ4v) is 3.03. The average molecular weight is 374 g/mol. The zero-order chi connectivity index (χ0) is 18.8. The van der Waals surface area contributed by atoms with Crippen LogP contribution in [0, 0.1) is 13.8 Å². The molecule has 0 aliphatic rings. The number of thioether (sulfide) groups is 1. The highest BCUT2D eigenvalue weighted by Gasteiger charge is 2.07. The lowest BCUT2D eigenvalue weighted by Crippen LogP contribution is -2.16. The van der Waals surface area contributed by atoms with E-state index in [1.54, 1.807) is 11.8 Å². The lowest BCUT2D eigenvalue weighted by molar-refractivity contribution is -0.113. The zero-order valence-electron chi connectivity index (χ0n) is 15.7. The van der Waals surface area contributed by atoms with E-state index in [2.05, 4.69) is 12.2 Å². The fraction of sp³-hybridized carbons (Fsp3) is 0.381. The molecule has 4 nitrogen and oxygen atoms in total. The van der Waals surface area contributed by atoms with Crippen LogP contribution in [0.5, 0.6) is 11.5 Å². The summed E-state index contributed by atoms with van der Waals surface area (Å²) < 4.78 is 11.2. The van der Waals surface area contributed by atoms with Crippen molar-refractivity contribution in [3.63, 3.8) is 0 Å². The number of hydrogen-bond acceptors (Lipinski definition) is 4. The second kappa shape index (κ2) is 10.8. The molecular formula is C21H27NO3S. The predicted molar refractivity (Wildman–Crippen MR) is 110 cm³/mol. The van der Waals surface area contributed by atoms with Crippen LogP contribution in [0.25, 0.3) is 0 Å². The van der Waals surface area contributed by atoms with Crippen LogP contribution >= 0.6 is 11.8 Å². The van der Waals surface area contributed by atoms with E-state index in [1.165, 1.54) is 0 Å². The van der Waals surface area contributed by atoms with Gasteiger partial charge in [-0.25, -0.2) is 0 Å². The molecule has 1 N–H and O–H groups in total. The number of amides is 1. The zero-order valence-corrected chi connectivity index (χ0v) is 16.5. The molecule has 140 valence electrons. The third kappa shape index (κ3) is 6.64. The van der Waals surface area contributed by atoms with Gasteiger partial charge in [-0.1, -0.05) is 25.1 Å². The van der Waals surface area contributed by atoms with Crippen LogP contribution in [0.1, 0.15) is 24.5 Å². The lowest BCUT2D eigenvalue weighted by Gasteiger charge is -2.11. The molecule has 0 aromatic heterocycles. The van der Waals surface area contributed by atoms with Crippen LogP contribution in [0.3, 0.4) is 0 Å². The third-order valence-corrected chi connectivity index (χ3v) is 4.69. The van der Waals surface area contributed by atoms with Crippen LogP contribution in [0.15, 0.2) is 42.5 Å². The number of nitrogens with one attached hydrogen (secondary N) is 1. The quantitative estimate of drug-likeness (QED) is 0.605. The third-order valence-electron chi connectivity index (χ3n) is 3.77. The summed E-state index contributed by atoms with van der Waals surface area (Å²) in [6, 6.07) is 13.6. The highest BCUT2D eigenvalue weighted by atomic mass is 32.2. The summed E-state index contributed by atoms with van der Waals surface area (Å²) in [4.78, 5) is 12.1. The molecule has 2 aromatic rings. The molecular weight excluding hydrogens is 346 g/mol. The van der Waals surface area contributed by atoms with E-state index in [0.29, 0.717) is 12.4 Å². The summed E-state index contributed by atoms with van der Waals surface area (Å²) in [5.74, 6) is 2.87. The first-order valence-electron chi connectivity index (χ1n) is 8.89. The Balaban J connectivity index is 1.65. The van der Waals surface area contributed by atoms with Gasteiger partial charge in [0.25, 0.3) is 0 Å². The number of aryl methyl sites for hydroxylation is 2. The molecule has 0 heterocycles. The fourth-order valence-electron chi connectivity index (χ4n) is 2.42. The molecule has 0 radical (unpaired) electrons. The monoisotopic (exact) mass is 373 g/mol. The van der Waals surface area contributed by atoms with Crippen molar-refractivity contribution < 1.29 is 14.3 Å². The van der Waals surface area contributed by atoms with Gasteiger partial charge in [-0.15, -0.1) is 11.8 Å². The van der Waals surface area contributed by atoms with Gasteiger partial charge in [0.05, 0.1) is 19.0 Å². The maximum Gasteiger partial charge on any atom is 0.234 e. The van der Waals surface area contributed by atoms with Crippen LogP contribution < -0.4 is 14.8 Å². The number of rotatable bonds is 10. The van der Waals surface area contributed by atoms with Gasteiger partial charge in [0.1, 0.15) is 11.5 Å². The molecule has 2 aromatic carbocycles. The minimum atomic E-state index is 0.0184. The summed E-state index contributed by atoms with van der Waals surface area (Å²) in [6.45, 7) is 7.37. The Bertz CT molecular complexity index is 681. The van der Waals surface area contributed by atoms with E-state index in [4.69, 9.17) is 9.47 Å². The van der Waals surface area contributed by atoms with Crippen LogP contribution in [-0.2, 0) is 4.79 Å². The second-order valence-electron chi connectivity index (χ2n) is 6.04. The number of anilines is 1. The number of carbonyl (C=O) groups is 1. The Morgan fingerprint density at radius 1 is 0.962 bits per heavy atom. The molecule has 0 spiro atoms. The first-order valence-corrected chi connectivity index (χ1v) is 10.0. The van der Waals surface area contributed by atoms with Crippen LogP contribution in [0.2, 0.25) is 0 Å². The largest absolute Gasteiger partial charge is 0.494 e. The van der Waals surface area contributed by atoms with E-state index in [9.17, 15) is 4.79 Å². The van der Waals surface area contributed by atoms with E-state index in [0.717, 1.165) is 47.1 Å². The molecule has 1 amide bonds. The predicted octanol–water partition coefficient (Wildman–Crippen LogP) is 4.84. The van der Waals surface area contributed by atoms with Crippen LogP contribution in [-0.4, -0.2) is 30.6 Å². The summed E-state index contributed by atoms with van der Waals surface area (Å²) in [6.07, 6.45) is 0.993. The molecule has 0 unspecified atom stereocenters. The van der Waals surface area contributed by atoms with Gasteiger partial charge in [-0.05, 0) is 55.7 Å². The van der Waals surface area contributed by atoms with Gasteiger partial charge in [-0.3, -0.25) is 4.79 Å². The van der Waals surface area contributed by atoms with E-state index in [-0.39, 0.29) is 5.91 Å². The standard InChI is InChI=1S/C21H27NO3S/c1-4-12-24-18-8-10-19(11-9-18)25-13-14-26-15-20(23)22-21-16(2)6-5-7-17(21)3/h5-11H,4,12-15H2,1-3H3,(H,22,23). The number of hydrogen-bond donors (Lipinski definition) is 1. The van der Waals surface area contributed by atoms with Crippen molar-refractivity contribution in [2.75, 3.05) is 30.0 Å². The van der Waals surface area contributed by atoms with Crippen molar-refractivity contribution in [3.05, 3.63) is 53.6 Å². The van der Waals surface area contributed by atoms with Crippen molar-refractivity contribution in [1.29, 1.82) is 0 Å². The van der Waals surface area contributed by atoms with Crippen molar-refractivity contribution in [2.24, 2.45) is 0 Å². The van der Waals surface area contributed by atoms with Gasteiger partial charge in [0, 0.05) is 11.4 Å². The van der Waals surface area contributed by atoms with Crippen molar-refractivity contribution >= 4 is 23.4 Å². The molecule has 0 fully saturated rings. The van der Waals surface area contributed by atoms with Crippen molar-refractivity contribution in [3.8, 4) is 11.5 Å². The van der Waals surface area contributed by atoms with Gasteiger partial charge in [0.15, 0.2) is 0 Å².